The fraction of sp³-hybridized carbons (Fsp3) is 0.400. The summed E-state index contributed by atoms with van der Waals surface area (Å²) in [6.45, 7) is 8.01. The zero-order valence-corrected chi connectivity index (χ0v) is 16.0. The molecule has 1 aliphatic rings. The highest BCUT2D eigenvalue weighted by Gasteiger charge is 2.28. The van der Waals surface area contributed by atoms with Crippen LogP contribution in [0.5, 0.6) is 0 Å². The molecule has 27 heavy (non-hydrogen) atoms. The molecule has 4 rings (SSSR count). The molecular weight excluding hydrogens is 338 g/mol. The molecule has 0 bridgehead atoms. The van der Waals surface area contributed by atoms with E-state index in [1.807, 2.05) is 32.2 Å². The molecule has 0 radical (unpaired) electrons. The first kappa shape index (κ1) is 17.6. The van der Waals surface area contributed by atoms with Crippen molar-refractivity contribution in [2.24, 2.45) is 0 Å². The first-order valence-corrected chi connectivity index (χ1v) is 9.37. The number of anilines is 2. The van der Waals surface area contributed by atoms with Crippen LogP contribution in [-0.2, 0) is 6.54 Å². The van der Waals surface area contributed by atoms with E-state index in [9.17, 15) is 0 Å². The first-order valence-electron chi connectivity index (χ1n) is 9.37. The van der Waals surface area contributed by atoms with E-state index in [4.69, 9.17) is 4.98 Å². The largest absolute Gasteiger partial charge is 0.325 e. The lowest BCUT2D eigenvalue weighted by Crippen LogP contribution is -2.24. The van der Waals surface area contributed by atoms with Gasteiger partial charge in [-0.15, -0.1) is 0 Å². The van der Waals surface area contributed by atoms with E-state index < -0.39 is 0 Å². The normalized spacial score (nSPS) is 17.4. The standard InChI is InChI=1S/C20H25N7/c1-13-6-4-8-21-20(13)25-19-10-17(23-15(3)24-19)18-7-5-9-27(18)12-16-11-22-26-14(16)2/h4,6,8,10-11,18H,5,7,9,12H2,1-3H3,(H,22,26)(H,21,23,24,25)/t18-/m0/s1. The maximum absolute atomic E-state index is 4.75. The maximum atomic E-state index is 4.75. The van der Waals surface area contributed by atoms with Crippen molar-refractivity contribution in [3.05, 3.63) is 58.9 Å². The fourth-order valence-corrected chi connectivity index (χ4v) is 3.67. The van der Waals surface area contributed by atoms with Gasteiger partial charge in [-0.05, 0) is 51.8 Å². The Kier molecular flexibility index (Phi) is 4.85. The summed E-state index contributed by atoms with van der Waals surface area (Å²) >= 11 is 0. The van der Waals surface area contributed by atoms with E-state index in [2.05, 4.69) is 43.4 Å². The molecule has 3 aromatic rings. The second kappa shape index (κ2) is 7.44. The van der Waals surface area contributed by atoms with Crippen LogP contribution in [0.2, 0.25) is 0 Å². The average molecular weight is 363 g/mol. The summed E-state index contributed by atoms with van der Waals surface area (Å²) in [5.74, 6) is 2.40. The van der Waals surface area contributed by atoms with E-state index >= 15 is 0 Å². The Morgan fingerprint density at radius 2 is 2.15 bits per heavy atom. The van der Waals surface area contributed by atoms with Crippen molar-refractivity contribution >= 4 is 11.6 Å². The van der Waals surface area contributed by atoms with Crippen LogP contribution in [0.15, 0.2) is 30.6 Å². The van der Waals surface area contributed by atoms with Gasteiger partial charge in [0.1, 0.15) is 17.5 Å². The molecule has 0 unspecified atom stereocenters. The second-order valence-corrected chi connectivity index (χ2v) is 7.17. The van der Waals surface area contributed by atoms with Crippen molar-refractivity contribution < 1.29 is 0 Å². The molecule has 0 spiro atoms. The smallest absolute Gasteiger partial charge is 0.135 e. The molecule has 1 fully saturated rings. The lowest BCUT2D eigenvalue weighted by atomic mass is 10.1. The van der Waals surface area contributed by atoms with Crippen molar-refractivity contribution in [3.8, 4) is 0 Å². The topological polar surface area (TPSA) is 82.6 Å². The second-order valence-electron chi connectivity index (χ2n) is 7.17. The third kappa shape index (κ3) is 3.83. The van der Waals surface area contributed by atoms with Gasteiger partial charge >= 0.3 is 0 Å². The van der Waals surface area contributed by atoms with Gasteiger partial charge in [-0.1, -0.05) is 6.07 Å². The lowest BCUT2D eigenvalue weighted by Gasteiger charge is -2.24. The Morgan fingerprint density at radius 1 is 1.26 bits per heavy atom. The van der Waals surface area contributed by atoms with Crippen LogP contribution in [0.4, 0.5) is 11.6 Å². The molecule has 3 aromatic heterocycles. The molecule has 0 aliphatic carbocycles. The van der Waals surface area contributed by atoms with E-state index in [-0.39, 0.29) is 0 Å². The highest BCUT2D eigenvalue weighted by atomic mass is 15.2. The van der Waals surface area contributed by atoms with Gasteiger partial charge in [-0.2, -0.15) is 5.10 Å². The summed E-state index contributed by atoms with van der Waals surface area (Å²) in [6.07, 6.45) is 5.99. The van der Waals surface area contributed by atoms with E-state index in [0.717, 1.165) is 53.9 Å². The van der Waals surface area contributed by atoms with Gasteiger partial charge in [0.05, 0.1) is 17.9 Å². The number of hydrogen-bond donors (Lipinski definition) is 2. The summed E-state index contributed by atoms with van der Waals surface area (Å²) in [5.41, 5.74) is 4.54. The number of aromatic amines is 1. The number of hydrogen-bond acceptors (Lipinski definition) is 6. The molecule has 1 saturated heterocycles. The number of likely N-dealkylation sites (tertiary alicyclic amines) is 1. The predicted molar refractivity (Wildman–Crippen MR) is 105 cm³/mol. The molecule has 140 valence electrons. The average Bonchev–Trinajstić information content (AvgIpc) is 3.26. The Labute approximate surface area is 159 Å². The Balaban J connectivity index is 1.58. The van der Waals surface area contributed by atoms with Crippen LogP contribution < -0.4 is 5.32 Å². The number of aryl methyl sites for hydroxylation is 3. The summed E-state index contributed by atoms with van der Waals surface area (Å²) in [4.78, 5) is 16.2. The molecule has 0 aromatic carbocycles. The highest BCUT2D eigenvalue weighted by molar-refractivity contribution is 5.55. The Morgan fingerprint density at radius 3 is 2.93 bits per heavy atom. The first-order chi connectivity index (χ1) is 13.1. The van der Waals surface area contributed by atoms with Crippen LogP contribution >= 0.6 is 0 Å². The number of aromatic nitrogens is 5. The molecule has 1 aliphatic heterocycles. The van der Waals surface area contributed by atoms with Crippen molar-refractivity contribution in [3.63, 3.8) is 0 Å². The predicted octanol–water partition coefficient (Wildman–Crippen LogP) is 3.60. The van der Waals surface area contributed by atoms with Crippen molar-refractivity contribution in [2.75, 3.05) is 11.9 Å². The third-order valence-electron chi connectivity index (χ3n) is 5.13. The van der Waals surface area contributed by atoms with Gasteiger partial charge in [-0.3, -0.25) is 10.00 Å². The van der Waals surface area contributed by atoms with Crippen LogP contribution in [0.3, 0.4) is 0 Å². The fourth-order valence-electron chi connectivity index (χ4n) is 3.67. The Bertz CT molecular complexity index is 934. The van der Waals surface area contributed by atoms with Crippen LogP contribution in [0.1, 0.15) is 47.2 Å². The minimum atomic E-state index is 0.298. The van der Waals surface area contributed by atoms with Gasteiger partial charge in [0, 0.05) is 30.1 Å². The van der Waals surface area contributed by atoms with Gasteiger partial charge < -0.3 is 5.32 Å². The monoisotopic (exact) mass is 363 g/mol. The summed E-state index contributed by atoms with van der Waals surface area (Å²) in [5, 5.41) is 10.5. The summed E-state index contributed by atoms with van der Waals surface area (Å²) < 4.78 is 0. The van der Waals surface area contributed by atoms with Gasteiger partial charge in [0.15, 0.2) is 0 Å². The van der Waals surface area contributed by atoms with Crippen LogP contribution in [-0.4, -0.2) is 36.6 Å². The number of nitrogens with zero attached hydrogens (tertiary/aromatic N) is 5. The minimum Gasteiger partial charge on any atom is -0.325 e. The van der Waals surface area contributed by atoms with E-state index in [0.29, 0.717) is 6.04 Å². The van der Waals surface area contributed by atoms with Gasteiger partial charge in [0.2, 0.25) is 0 Å². The van der Waals surface area contributed by atoms with Gasteiger partial charge in [0.25, 0.3) is 0 Å². The Hall–Kier alpha value is -2.80. The molecule has 7 nitrogen and oxygen atoms in total. The third-order valence-corrected chi connectivity index (χ3v) is 5.13. The van der Waals surface area contributed by atoms with Crippen molar-refractivity contribution in [1.29, 1.82) is 0 Å². The maximum Gasteiger partial charge on any atom is 0.135 e. The molecule has 0 amide bonds. The molecule has 1 atom stereocenters. The molecule has 2 N–H and O–H groups in total. The quantitative estimate of drug-likeness (QED) is 0.721. The van der Waals surface area contributed by atoms with E-state index in [1.165, 1.54) is 12.0 Å². The molecule has 4 heterocycles. The zero-order valence-electron chi connectivity index (χ0n) is 16.0. The van der Waals surface area contributed by atoms with Crippen LogP contribution in [0.25, 0.3) is 0 Å². The number of nitrogens with one attached hydrogen (secondary N) is 2. The summed E-state index contributed by atoms with van der Waals surface area (Å²) in [6, 6.07) is 6.33. The number of pyridine rings is 1. The van der Waals surface area contributed by atoms with Crippen molar-refractivity contribution in [2.45, 2.75) is 46.2 Å². The summed E-state index contributed by atoms with van der Waals surface area (Å²) in [7, 11) is 0. The minimum absolute atomic E-state index is 0.298. The highest BCUT2D eigenvalue weighted by Crippen LogP contribution is 2.33. The number of H-pyrrole nitrogens is 1. The molecular formula is C20H25N7. The lowest BCUT2D eigenvalue weighted by molar-refractivity contribution is 0.243. The SMILES string of the molecule is Cc1nc(Nc2ncccc2C)cc([C@@H]2CCCN2Cc2cn[nH]c2C)n1. The van der Waals surface area contributed by atoms with Gasteiger partial charge in [-0.25, -0.2) is 15.0 Å². The van der Waals surface area contributed by atoms with Crippen LogP contribution in [0, 0.1) is 20.8 Å². The van der Waals surface area contributed by atoms with E-state index in [1.54, 1.807) is 6.20 Å². The van der Waals surface area contributed by atoms with Crippen molar-refractivity contribution in [1.82, 2.24) is 30.0 Å². The zero-order chi connectivity index (χ0) is 18.8. The molecule has 0 saturated carbocycles. The molecule has 7 heteroatoms. The number of rotatable bonds is 5.